The molecule has 0 spiro atoms. The van der Waals surface area contributed by atoms with Crippen molar-refractivity contribution in [3.8, 4) is 0 Å². The zero-order valence-electron chi connectivity index (χ0n) is 10.3. The largest absolute Gasteiger partial charge is 0.447 e. The molecule has 2 N–H and O–H groups in total. The first-order valence-corrected chi connectivity index (χ1v) is 6.52. The summed E-state index contributed by atoms with van der Waals surface area (Å²) in [6, 6.07) is 0. The number of nitrogens with one attached hydrogen (secondary N) is 2. The number of aryl methyl sites for hydroxylation is 1. The van der Waals surface area contributed by atoms with Crippen LogP contribution in [0.4, 0.5) is 0 Å². The van der Waals surface area contributed by atoms with Gasteiger partial charge in [-0.2, -0.15) is 11.8 Å². The third-order valence-electron chi connectivity index (χ3n) is 2.14. The molecule has 1 aromatic heterocycles. The summed E-state index contributed by atoms with van der Waals surface area (Å²) in [6.45, 7) is 2.54. The van der Waals surface area contributed by atoms with Crippen LogP contribution < -0.4 is 10.6 Å². The van der Waals surface area contributed by atoms with Crippen LogP contribution in [-0.2, 0) is 5.75 Å². The summed E-state index contributed by atoms with van der Waals surface area (Å²) in [7, 11) is 1.63. The molecule has 100 valence electrons. The summed E-state index contributed by atoms with van der Waals surface area (Å²) in [4.78, 5) is 13.8. The predicted octanol–water partition coefficient (Wildman–Crippen LogP) is 1.10. The van der Waals surface area contributed by atoms with Crippen LogP contribution in [-0.4, -0.2) is 29.3 Å². The monoisotopic (exact) mass is 272 g/mol. The fourth-order valence-electron chi connectivity index (χ4n) is 1.19. The second kappa shape index (κ2) is 7.59. The summed E-state index contributed by atoms with van der Waals surface area (Å²) in [6.07, 6.45) is 2.34. The lowest BCUT2D eigenvalue weighted by molar-refractivity contribution is -0.404. The minimum atomic E-state index is -0.496. The van der Waals surface area contributed by atoms with Crippen LogP contribution in [0.15, 0.2) is 22.8 Å². The van der Waals surface area contributed by atoms with Gasteiger partial charge in [0.1, 0.15) is 5.76 Å². The normalized spacial score (nSPS) is 11.3. The number of nitrogens with zero attached hydrogens (tertiary/aromatic N) is 2. The van der Waals surface area contributed by atoms with E-state index >= 15 is 0 Å². The topological polar surface area (TPSA) is 93.2 Å². The van der Waals surface area contributed by atoms with E-state index < -0.39 is 4.92 Å². The molecule has 0 aromatic carbocycles. The van der Waals surface area contributed by atoms with Crippen LogP contribution in [0.2, 0.25) is 0 Å². The van der Waals surface area contributed by atoms with Crippen molar-refractivity contribution >= 4 is 11.8 Å². The van der Waals surface area contributed by atoms with Crippen LogP contribution >= 0.6 is 11.8 Å². The maximum atomic E-state index is 10.3. The molecular formula is C10H16N4O3S. The highest BCUT2D eigenvalue weighted by Crippen LogP contribution is 2.14. The van der Waals surface area contributed by atoms with Crippen molar-refractivity contribution < 1.29 is 9.34 Å². The molecule has 0 amide bonds. The summed E-state index contributed by atoms with van der Waals surface area (Å²) in [5, 5.41) is 15.9. The van der Waals surface area contributed by atoms with Gasteiger partial charge in [-0.1, -0.05) is 0 Å². The van der Waals surface area contributed by atoms with E-state index in [1.165, 1.54) is 6.39 Å². The standard InChI is InChI=1S/C10H16N4O3S/c1-8-9(17-7-13-8)6-18-4-3-12-10(11-2)5-14(15)16/h5,7,11-12H,3-4,6H2,1-2H3. The van der Waals surface area contributed by atoms with Gasteiger partial charge in [0.15, 0.2) is 12.2 Å². The van der Waals surface area contributed by atoms with Crippen molar-refractivity contribution in [1.29, 1.82) is 0 Å². The third-order valence-corrected chi connectivity index (χ3v) is 3.10. The summed E-state index contributed by atoms with van der Waals surface area (Å²) in [5.41, 5.74) is 0.902. The predicted molar refractivity (Wildman–Crippen MR) is 69.5 cm³/mol. The highest BCUT2D eigenvalue weighted by molar-refractivity contribution is 7.98. The Labute approximate surface area is 109 Å². The number of thioether (sulfide) groups is 1. The number of hydrogen-bond acceptors (Lipinski definition) is 7. The Morgan fingerprint density at radius 1 is 1.72 bits per heavy atom. The number of oxazole rings is 1. The van der Waals surface area contributed by atoms with Crippen LogP contribution in [0.3, 0.4) is 0 Å². The van der Waals surface area contributed by atoms with Gasteiger partial charge in [-0.3, -0.25) is 10.1 Å². The third kappa shape index (κ3) is 5.09. The molecule has 7 nitrogen and oxygen atoms in total. The van der Waals surface area contributed by atoms with Gasteiger partial charge in [-0.15, -0.1) is 0 Å². The van der Waals surface area contributed by atoms with E-state index in [1.54, 1.807) is 18.8 Å². The Balaban J connectivity index is 2.19. The van der Waals surface area contributed by atoms with E-state index in [-0.39, 0.29) is 0 Å². The van der Waals surface area contributed by atoms with E-state index in [2.05, 4.69) is 15.6 Å². The first-order valence-electron chi connectivity index (χ1n) is 5.37. The van der Waals surface area contributed by atoms with E-state index in [1.807, 2.05) is 6.92 Å². The quantitative estimate of drug-likeness (QED) is 0.416. The van der Waals surface area contributed by atoms with Crippen molar-refractivity contribution in [3.63, 3.8) is 0 Å². The first-order chi connectivity index (χ1) is 8.63. The fraction of sp³-hybridized carbons (Fsp3) is 0.500. The SMILES string of the molecule is CNC(=C[N+](=O)[O-])NCCSCc1ocnc1C. The number of hydrogen-bond donors (Lipinski definition) is 2. The van der Waals surface area contributed by atoms with E-state index in [0.717, 1.165) is 29.2 Å². The maximum absolute atomic E-state index is 10.3. The Kier molecular flexibility index (Phi) is 6.06. The van der Waals surface area contributed by atoms with Gasteiger partial charge in [0.25, 0.3) is 6.20 Å². The molecule has 18 heavy (non-hydrogen) atoms. The van der Waals surface area contributed by atoms with Gasteiger partial charge in [-0.05, 0) is 6.92 Å². The molecule has 1 heterocycles. The molecule has 0 radical (unpaired) electrons. The van der Waals surface area contributed by atoms with Crippen molar-refractivity contribution in [1.82, 2.24) is 15.6 Å². The van der Waals surface area contributed by atoms with Crippen LogP contribution in [0, 0.1) is 17.0 Å². The molecule has 0 unspecified atom stereocenters. The van der Waals surface area contributed by atoms with E-state index in [4.69, 9.17) is 4.42 Å². The Morgan fingerprint density at radius 3 is 3.06 bits per heavy atom. The highest BCUT2D eigenvalue weighted by atomic mass is 32.2. The lowest BCUT2D eigenvalue weighted by atomic mass is 10.4. The van der Waals surface area contributed by atoms with Crippen LogP contribution in [0.1, 0.15) is 11.5 Å². The van der Waals surface area contributed by atoms with Crippen molar-refractivity contribution in [2.45, 2.75) is 12.7 Å². The number of aromatic nitrogens is 1. The first kappa shape index (κ1) is 14.4. The van der Waals surface area contributed by atoms with Gasteiger partial charge in [-0.25, -0.2) is 4.98 Å². The molecule has 0 saturated carbocycles. The Bertz CT molecular complexity index is 419. The fourth-order valence-corrected chi connectivity index (χ4v) is 2.04. The second-order valence-corrected chi connectivity index (χ2v) is 4.52. The van der Waals surface area contributed by atoms with E-state index in [0.29, 0.717) is 12.4 Å². The van der Waals surface area contributed by atoms with Crippen LogP contribution in [0.5, 0.6) is 0 Å². The summed E-state index contributed by atoms with van der Waals surface area (Å²) < 4.78 is 5.20. The lowest BCUT2D eigenvalue weighted by Gasteiger charge is -2.07. The van der Waals surface area contributed by atoms with Gasteiger partial charge in [0.05, 0.1) is 16.4 Å². The Hall–Kier alpha value is -1.70. The molecule has 0 bridgehead atoms. The summed E-state index contributed by atoms with van der Waals surface area (Å²) in [5.74, 6) is 2.84. The zero-order valence-corrected chi connectivity index (χ0v) is 11.1. The van der Waals surface area contributed by atoms with Crippen molar-refractivity contribution in [2.24, 2.45) is 0 Å². The molecule has 1 aromatic rings. The smallest absolute Gasteiger partial charge is 0.274 e. The van der Waals surface area contributed by atoms with Gasteiger partial charge in [0, 0.05) is 19.3 Å². The average Bonchev–Trinajstić information content (AvgIpc) is 2.72. The molecule has 0 fully saturated rings. The Morgan fingerprint density at radius 2 is 2.50 bits per heavy atom. The average molecular weight is 272 g/mol. The molecule has 0 aliphatic heterocycles. The van der Waals surface area contributed by atoms with Crippen molar-refractivity contribution in [2.75, 3.05) is 19.3 Å². The minimum absolute atomic E-state index is 0.399. The van der Waals surface area contributed by atoms with Crippen LogP contribution in [0.25, 0.3) is 0 Å². The second-order valence-electron chi connectivity index (χ2n) is 3.42. The molecule has 0 saturated heterocycles. The lowest BCUT2D eigenvalue weighted by Crippen LogP contribution is -2.26. The maximum Gasteiger partial charge on any atom is 0.274 e. The number of rotatable bonds is 8. The summed E-state index contributed by atoms with van der Waals surface area (Å²) >= 11 is 1.68. The highest BCUT2D eigenvalue weighted by Gasteiger charge is 2.03. The van der Waals surface area contributed by atoms with Gasteiger partial charge < -0.3 is 15.1 Å². The minimum Gasteiger partial charge on any atom is -0.447 e. The van der Waals surface area contributed by atoms with Crippen molar-refractivity contribution in [3.05, 3.63) is 40.0 Å². The van der Waals surface area contributed by atoms with Gasteiger partial charge in [0.2, 0.25) is 0 Å². The molecule has 8 heteroatoms. The van der Waals surface area contributed by atoms with E-state index in [9.17, 15) is 10.1 Å². The molecule has 0 aliphatic rings. The number of nitro groups is 1. The molecule has 1 rings (SSSR count). The molecular weight excluding hydrogens is 256 g/mol. The molecule has 0 aliphatic carbocycles. The molecule has 0 atom stereocenters. The zero-order chi connectivity index (χ0) is 13.4. The van der Waals surface area contributed by atoms with Gasteiger partial charge >= 0.3 is 0 Å².